The number of fused-ring (bicyclic) bond motifs is 4. The van der Waals surface area contributed by atoms with Gasteiger partial charge >= 0.3 is 0 Å². The van der Waals surface area contributed by atoms with Gasteiger partial charge in [-0.3, -0.25) is 14.7 Å². The Labute approximate surface area is 132 Å². The van der Waals surface area contributed by atoms with Crippen LogP contribution in [0.2, 0.25) is 0 Å². The highest BCUT2D eigenvalue weighted by Gasteiger charge is 2.38. The Hall–Kier alpha value is -1.42. The average molecular weight is 299 g/mol. The monoisotopic (exact) mass is 299 g/mol. The van der Waals surface area contributed by atoms with Gasteiger partial charge in [-0.1, -0.05) is 12.5 Å². The summed E-state index contributed by atoms with van der Waals surface area (Å²) in [4.78, 5) is 21.7. The zero-order valence-corrected chi connectivity index (χ0v) is 13.2. The fraction of sp³-hybridized carbons (Fsp3) is 0.667. The number of nitrogens with zero attached hydrogens (tertiary/aromatic N) is 3. The SMILES string of the molecule is O=C(c1ccccn1)N1C[C@@H]2CC[C@H](C1)N(CC1CCC1)C2. The first kappa shape index (κ1) is 14.2. The van der Waals surface area contributed by atoms with Gasteiger partial charge in [0.2, 0.25) is 0 Å². The summed E-state index contributed by atoms with van der Waals surface area (Å²) in [5.74, 6) is 1.67. The van der Waals surface area contributed by atoms with Crippen LogP contribution >= 0.6 is 0 Å². The van der Waals surface area contributed by atoms with Crippen LogP contribution in [-0.2, 0) is 0 Å². The summed E-state index contributed by atoms with van der Waals surface area (Å²) in [6.07, 6.45) is 8.47. The third-order valence-electron chi connectivity index (χ3n) is 5.72. The Balaban J connectivity index is 1.46. The van der Waals surface area contributed by atoms with Crippen molar-refractivity contribution in [3.05, 3.63) is 30.1 Å². The molecule has 4 fully saturated rings. The van der Waals surface area contributed by atoms with Crippen molar-refractivity contribution in [2.24, 2.45) is 11.8 Å². The van der Waals surface area contributed by atoms with Crippen LogP contribution in [0.5, 0.6) is 0 Å². The zero-order valence-electron chi connectivity index (χ0n) is 13.2. The lowest BCUT2D eigenvalue weighted by Crippen LogP contribution is -2.47. The van der Waals surface area contributed by atoms with Gasteiger partial charge in [-0.25, -0.2) is 0 Å². The molecule has 3 aliphatic heterocycles. The maximum Gasteiger partial charge on any atom is 0.272 e. The van der Waals surface area contributed by atoms with Gasteiger partial charge in [-0.15, -0.1) is 0 Å². The molecule has 22 heavy (non-hydrogen) atoms. The van der Waals surface area contributed by atoms with Crippen molar-refractivity contribution in [1.82, 2.24) is 14.8 Å². The maximum atomic E-state index is 12.7. The van der Waals surface area contributed by atoms with Crippen LogP contribution in [0.25, 0.3) is 0 Å². The number of carbonyl (C=O) groups excluding carboxylic acids is 1. The first-order valence-corrected chi connectivity index (χ1v) is 8.74. The highest BCUT2D eigenvalue weighted by atomic mass is 16.2. The molecule has 4 nitrogen and oxygen atoms in total. The van der Waals surface area contributed by atoms with E-state index in [1.165, 1.54) is 45.2 Å². The lowest BCUT2D eigenvalue weighted by molar-refractivity contribution is 0.0712. The van der Waals surface area contributed by atoms with Crippen molar-refractivity contribution in [2.45, 2.75) is 38.1 Å². The van der Waals surface area contributed by atoms with Crippen molar-refractivity contribution in [3.8, 4) is 0 Å². The molecule has 2 atom stereocenters. The van der Waals surface area contributed by atoms with Crippen LogP contribution in [0.4, 0.5) is 0 Å². The number of pyridine rings is 1. The molecule has 1 aliphatic carbocycles. The van der Waals surface area contributed by atoms with E-state index in [0.29, 0.717) is 17.7 Å². The molecule has 1 aromatic heterocycles. The molecule has 0 radical (unpaired) electrons. The van der Waals surface area contributed by atoms with Gasteiger partial charge in [0.15, 0.2) is 0 Å². The fourth-order valence-electron chi connectivity index (χ4n) is 4.23. The summed E-state index contributed by atoms with van der Waals surface area (Å²) in [7, 11) is 0. The molecule has 0 N–H and O–H groups in total. The lowest BCUT2D eigenvalue weighted by atomic mass is 9.83. The van der Waals surface area contributed by atoms with E-state index in [4.69, 9.17) is 0 Å². The molecule has 4 heterocycles. The molecule has 0 spiro atoms. The summed E-state index contributed by atoms with van der Waals surface area (Å²) in [6.45, 7) is 4.24. The average Bonchev–Trinajstić information content (AvgIpc) is 2.82. The van der Waals surface area contributed by atoms with E-state index in [9.17, 15) is 4.79 Å². The molecule has 0 unspecified atom stereocenters. The molecular formula is C18H25N3O. The Morgan fingerprint density at radius 3 is 2.77 bits per heavy atom. The van der Waals surface area contributed by atoms with Gasteiger partial charge < -0.3 is 4.90 Å². The van der Waals surface area contributed by atoms with Gasteiger partial charge in [0, 0.05) is 38.4 Å². The van der Waals surface area contributed by atoms with Crippen molar-refractivity contribution >= 4 is 5.91 Å². The van der Waals surface area contributed by atoms with Crippen molar-refractivity contribution in [3.63, 3.8) is 0 Å². The van der Waals surface area contributed by atoms with Crippen LogP contribution in [0.3, 0.4) is 0 Å². The molecule has 0 aromatic carbocycles. The number of aromatic nitrogens is 1. The van der Waals surface area contributed by atoms with Crippen LogP contribution < -0.4 is 0 Å². The summed E-state index contributed by atoms with van der Waals surface area (Å²) < 4.78 is 0. The molecule has 118 valence electrons. The van der Waals surface area contributed by atoms with E-state index in [0.717, 1.165) is 19.0 Å². The van der Waals surface area contributed by atoms with Crippen molar-refractivity contribution in [2.75, 3.05) is 26.2 Å². The Morgan fingerprint density at radius 1 is 1.14 bits per heavy atom. The van der Waals surface area contributed by atoms with Crippen LogP contribution in [0.1, 0.15) is 42.6 Å². The second-order valence-electron chi connectivity index (χ2n) is 7.27. The third-order valence-corrected chi connectivity index (χ3v) is 5.72. The number of carbonyl (C=O) groups is 1. The second-order valence-corrected chi connectivity index (χ2v) is 7.27. The first-order chi connectivity index (χ1) is 10.8. The molecule has 3 saturated heterocycles. The lowest BCUT2D eigenvalue weighted by Gasteiger charge is -2.40. The van der Waals surface area contributed by atoms with Crippen LogP contribution in [0, 0.1) is 11.8 Å². The molecule has 4 heteroatoms. The minimum Gasteiger partial charge on any atom is -0.335 e. The van der Waals surface area contributed by atoms with Crippen molar-refractivity contribution < 1.29 is 4.79 Å². The Kier molecular flexibility index (Phi) is 3.87. The van der Waals surface area contributed by atoms with E-state index in [-0.39, 0.29) is 5.91 Å². The third kappa shape index (κ3) is 2.76. The molecule has 2 bridgehead atoms. The smallest absolute Gasteiger partial charge is 0.272 e. The standard InChI is InChI=1S/C18H25N3O/c22-18(17-6-1-2-9-19-17)21-12-15-7-8-16(13-21)20(11-15)10-14-4-3-5-14/h1-2,6,9,14-16H,3-5,7-8,10-13H2/t15-,16-/m1/s1. The summed E-state index contributed by atoms with van der Waals surface area (Å²) in [6, 6.07) is 6.16. The minimum atomic E-state index is 0.114. The molecule has 4 aliphatic rings. The fourth-order valence-corrected chi connectivity index (χ4v) is 4.23. The maximum absolute atomic E-state index is 12.7. The quantitative estimate of drug-likeness (QED) is 0.860. The minimum absolute atomic E-state index is 0.114. The van der Waals surface area contributed by atoms with E-state index in [2.05, 4.69) is 14.8 Å². The van der Waals surface area contributed by atoms with Gasteiger partial charge in [0.1, 0.15) is 5.69 Å². The van der Waals surface area contributed by atoms with Crippen molar-refractivity contribution in [1.29, 1.82) is 0 Å². The molecular weight excluding hydrogens is 274 g/mol. The highest BCUT2D eigenvalue weighted by molar-refractivity contribution is 5.92. The first-order valence-electron chi connectivity index (χ1n) is 8.74. The predicted octanol–water partition coefficient (Wildman–Crippen LogP) is 2.42. The van der Waals surface area contributed by atoms with Crippen LogP contribution in [-0.4, -0.2) is 52.9 Å². The second kappa shape index (κ2) is 5.99. The number of hydrogen-bond acceptors (Lipinski definition) is 3. The normalized spacial score (nSPS) is 29.2. The number of hydrogen-bond donors (Lipinski definition) is 0. The Bertz CT molecular complexity index is 528. The predicted molar refractivity (Wildman–Crippen MR) is 85.6 cm³/mol. The molecule has 1 amide bonds. The largest absolute Gasteiger partial charge is 0.335 e. The molecule has 1 saturated carbocycles. The molecule has 5 rings (SSSR count). The Morgan fingerprint density at radius 2 is 2.05 bits per heavy atom. The number of rotatable bonds is 3. The van der Waals surface area contributed by atoms with Gasteiger partial charge in [0.05, 0.1) is 0 Å². The summed E-state index contributed by atoms with van der Waals surface area (Å²) in [5.41, 5.74) is 0.592. The van der Waals surface area contributed by atoms with E-state index < -0.39 is 0 Å². The van der Waals surface area contributed by atoms with E-state index in [1.54, 1.807) is 6.20 Å². The molecule has 1 aromatic rings. The topological polar surface area (TPSA) is 36.4 Å². The number of piperidine rings is 1. The van der Waals surface area contributed by atoms with Gasteiger partial charge in [-0.05, 0) is 49.7 Å². The van der Waals surface area contributed by atoms with Gasteiger partial charge in [-0.2, -0.15) is 0 Å². The van der Waals surface area contributed by atoms with E-state index in [1.807, 2.05) is 18.2 Å². The zero-order chi connectivity index (χ0) is 14.9. The van der Waals surface area contributed by atoms with E-state index >= 15 is 0 Å². The summed E-state index contributed by atoms with van der Waals surface area (Å²) >= 11 is 0. The highest BCUT2D eigenvalue weighted by Crippen LogP contribution is 2.33. The number of amides is 1. The van der Waals surface area contributed by atoms with Gasteiger partial charge in [0.25, 0.3) is 5.91 Å². The summed E-state index contributed by atoms with van der Waals surface area (Å²) in [5, 5.41) is 0. The van der Waals surface area contributed by atoms with Crippen LogP contribution in [0.15, 0.2) is 24.4 Å².